The molecule has 68 valence electrons. The average Bonchev–Trinajstić information content (AvgIpc) is 1.80. The smallest absolute Gasteiger partial charge is 0.0553 e. The van der Waals surface area contributed by atoms with Gasteiger partial charge in [-0.2, -0.15) is 0 Å². The molecule has 0 aliphatic heterocycles. The molecule has 0 aromatic heterocycles. The minimum absolute atomic E-state index is 0.0706. The van der Waals surface area contributed by atoms with Gasteiger partial charge in [-0.1, -0.05) is 0 Å². The third kappa shape index (κ3) is 5.77. The lowest BCUT2D eigenvalue weighted by molar-refractivity contribution is 0.180. The Hall–Kier alpha value is 0.540. The van der Waals surface area contributed by atoms with Gasteiger partial charge >= 0.3 is 0 Å². The first-order valence-corrected chi connectivity index (χ1v) is 4.66. The van der Waals surface area contributed by atoms with Crippen LogP contribution in [-0.2, 0) is 0 Å². The van der Waals surface area contributed by atoms with Crippen LogP contribution in [0.15, 0.2) is 0 Å². The van der Waals surface area contributed by atoms with E-state index in [2.05, 4.69) is 0 Å². The van der Waals surface area contributed by atoms with Gasteiger partial charge in [-0.15, -0.1) is 23.2 Å². The molecule has 3 heteroatoms. The predicted octanol–water partition coefficient (Wildman–Crippen LogP) is 2.77. The van der Waals surface area contributed by atoms with Gasteiger partial charge in [0.25, 0.3) is 0 Å². The molecule has 2 atom stereocenters. The Morgan fingerprint density at radius 2 is 1.82 bits per heavy atom. The predicted molar refractivity (Wildman–Crippen MR) is 50.5 cm³/mol. The second kappa shape index (κ2) is 4.54. The van der Waals surface area contributed by atoms with Gasteiger partial charge in [-0.3, -0.25) is 0 Å². The van der Waals surface area contributed by atoms with Crippen LogP contribution in [0.2, 0.25) is 0 Å². The molecule has 0 spiro atoms. The van der Waals surface area contributed by atoms with Gasteiger partial charge in [-0.25, -0.2) is 0 Å². The largest absolute Gasteiger partial charge is 0.393 e. The maximum atomic E-state index is 8.97. The summed E-state index contributed by atoms with van der Waals surface area (Å²) in [7, 11) is 0. The SMILES string of the molecule is CC(O)CCC(Cl)C(C)(C)Cl. The lowest BCUT2D eigenvalue weighted by Gasteiger charge is -2.22. The molecule has 1 N–H and O–H groups in total. The van der Waals surface area contributed by atoms with Crippen molar-refractivity contribution in [3.63, 3.8) is 0 Å². The number of rotatable bonds is 4. The average molecular weight is 199 g/mol. The third-order valence-corrected chi connectivity index (χ3v) is 2.72. The van der Waals surface area contributed by atoms with Crippen LogP contribution in [-0.4, -0.2) is 21.5 Å². The third-order valence-electron chi connectivity index (χ3n) is 1.58. The van der Waals surface area contributed by atoms with Crippen LogP contribution in [0.4, 0.5) is 0 Å². The number of alkyl halides is 2. The molecule has 0 saturated heterocycles. The Morgan fingerprint density at radius 1 is 1.36 bits per heavy atom. The minimum atomic E-state index is -0.379. The van der Waals surface area contributed by atoms with Gasteiger partial charge in [0.2, 0.25) is 0 Å². The fourth-order valence-electron chi connectivity index (χ4n) is 0.731. The van der Waals surface area contributed by atoms with E-state index in [4.69, 9.17) is 28.3 Å². The molecule has 0 radical (unpaired) electrons. The Labute approximate surface area is 78.7 Å². The minimum Gasteiger partial charge on any atom is -0.393 e. The topological polar surface area (TPSA) is 20.2 Å². The van der Waals surface area contributed by atoms with Crippen LogP contribution in [0, 0.1) is 0 Å². The maximum Gasteiger partial charge on any atom is 0.0553 e. The summed E-state index contributed by atoms with van der Waals surface area (Å²) in [4.78, 5) is -0.379. The van der Waals surface area contributed by atoms with Gasteiger partial charge < -0.3 is 5.11 Å². The Bertz CT molecular complexity index is 107. The first-order chi connectivity index (χ1) is 4.84. The second-order valence-electron chi connectivity index (χ2n) is 3.46. The number of hydrogen-bond donors (Lipinski definition) is 1. The number of halogens is 2. The van der Waals surface area contributed by atoms with Gasteiger partial charge in [0.1, 0.15) is 0 Å². The van der Waals surface area contributed by atoms with Crippen LogP contribution in [0.1, 0.15) is 33.6 Å². The first-order valence-electron chi connectivity index (χ1n) is 3.85. The van der Waals surface area contributed by atoms with Crippen molar-refractivity contribution in [3.8, 4) is 0 Å². The van der Waals surface area contributed by atoms with Crippen molar-refractivity contribution in [3.05, 3.63) is 0 Å². The lowest BCUT2D eigenvalue weighted by Crippen LogP contribution is -2.26. The summed E-state index contributed by atoms with van der Waals surface area (Å²) in [6.07, 6.45) is 1.19. The number of hydrogen-bond acceptors (Lipinski definition) is 1. The van der Waals surface area contributed by atoms with E-state index in [0.717, 1.165) is 6.42 Å². The molecule has 0 fully saturated rings. The normalized spacial score (nSPS) is 18.0. The summed E-state index contributed by atoms with van der Waals surface area (Å²) in [5, 5.41) is 8.89. The Morgan fingerprint density at radius 3 is 2.09 bits per heavy atom. The van der Waals surface area contributed by atoms with Crippen molar-refractivity contribution in [1.29, 1.82) is 0 Å². The van der Waals surface area contributed by atoms with Crippen molar-refractivity contribution in [2.75, 3.05) is 0 Å². The van der Waals surface area contributed by atoms with Gasteiger partial charge in [0.15, 0.2) is 0 Å². The highest BCUT2D eigenvalue weighted by Crippen LogP contribution is 2.26. The molecule has 0 saturated carbocycles. The monoisotopic (exact) mass is 198 g/mol. The van der Waals surface area contributed by atoms with Crippen molar-refractivity contribution >= 4 is 23.2 Å². The molecule has 0 aromatic rings. The van der Waals surface area contributed by atoms with Crippen LogP contribution in [0.5, 0.6) is 0 Å². The van der Waals surface area contributed by atoms with Gasteiger partial charge in [-0.05, 0) is 33.6 Å². The van der Waals surface area contributed by atoms with Crippen LogP contribution < -0.4 is 0 Å². The molecule has 0 amide bonds. The highest BCUT2D eigenvalue weighted by Gasteiger charge is 2.24. The second-order valence-corrected chi connectivity index (χ2v) is 4.96. The van der Waals surface area contributed by atoms with E-state index in [9.17, 15) is 0 Å². The van der Waals surface area contributed by atoms with Crippen molar-refractivity contribution < 1.29 is 5.11 Å². The summed E-state index contributed by atoms with van der Waals surface area (Å²) < 4.78 is 0. The van der Waals surface area contributed by atoms with E-state index in [1.807, 2.05) is 13.8 Å². The molecule has 0 heterocycles. The summed E-state index contributed by atoms with van der Waals surface area (Å²) in [5.74, 6) is 0. The van der Waals surface area contributed by atoms with E-state index in [1.54, 1.807) is 6.92 Å². The highest BCUT2D eigenvalue weighted by atomic mass is 35.5. The fraction of sp³-hybridized carbons (Fsp3) is 1.00. The molecule has 0 aliphatic carbocycles. The molecule has 0 rings (SSSR count). The Balaban J connectivity index is 3.61. The summed E-state index contributed by atoms with van der Waals surface area (Å²) in [5.41, 5.74) is 0. The van der Waals surface area contributed by atoms with E-state index in [0.29, 0.717) is 6.42 Å². The zero-order valence-electron chi connectivity index (χ0n) is 7.27. The van der Waals surface area contributed by atoms with Crippen molar-refractivity contribution in [1.82, 2.24) is 0 Å². The Kier molecular flexibility index (Phi) is 4.76. The summed E-state index contributed by atoms with van der Waals surface area (Å²) >= 11 is 11.9. The standard InChI is InChI=1S/C8H16Cl2O/c1-6(11)4-5-7(9)8(2,3)10/h6-7,11H,4-5H2,1-3H3. The molecule has 0 aromatic carbocycles. The maximum absolute atomic E-state index is 8.97. The number of aliphatic hydroxyl groups excluding tert-OH is 1. The van der Waals surface area contributed by atoms with E-state index in [-0.39, 0.29) is 16.4 Å². The molecule has 0 bridgehead atoms. The first kappa shape index (κ1) is 11.5. The molecule has 0 aliphatic rings. The van der Waals surface area contributed by atoms with E-state index < -0.39 is 0 Å². The zero-order chi connectivity index (χ0) is 9.07. The van der Waals surface area contributed by atoms with Gasteiger partial charge in [0, 0.05) is 0 Å². The van der Waals surface area contributed by atoms with Crippen LogP contribution in [0.25, 0.3) is 0 Å². The molecular formula is C8H16Cl2O. The molecule has 2 unspecified atom stereocenters. The number of aliphatic hydroxyl groups is 1. The van der Waals surface area contributed by atoms with Crippen LogP contribution in [0.3, 0.4) is 0 Å². The highest BCUT2D eigenvalue weighted by molar-refractivity contribution is 6.32. The van der Waals surface area contributed by atoms with Gasteiger partial charge in [0.05, 0.1) is 16.4 Å². The summed E-state index contributed by atoms with van der Waals surface area (Å²) in [6, 6.07) is 0. The van der Waals surface area contributed by atoms with E-state index in [1.165, 1.54) is 0 Å². The van der Waals surface area contributed by atoms with Crippen molar-refractivity contribution in [2.24, 2.45) is 0 Å². The lowest BCUT2D eigenvalue weighted by atomic mass is 10.0. The van der Waals surface area contributed by atoms with Crippen LogP contribution >= 0.6 is 23.2 Å². The zero-order valence-corrected chi connectivity index (χ0v) is 8.78. The summed E-state index contributed by atoms with van der Waals surface area (Å²) in [6.45, 7) is 5.52. The van der Waals surface area contributed by atoms with E-state index >= 15 is 0 Å². The molecule has 1 nitrogen and oxygen atoms in total. The van der Waals surface area contributed by atoms with Crippen molar-refractivity contribution in [2.45, 2.75) is 50.0 Å². The molecular weight excluding hydrogens is 183 g/mol. The quantitative estimate of drug-likeness (QED) is 0.690. The fourth-order valence-corrected chi connectivity index (χ4v) is 0.966. The molecule has 11 heavy (non-hydrogen) atoms.